The molecule has 0 bridgehead atoms. The van der Waals surface area contributed by atoms with Crippen molar-refractivity contribution in [1.82, 2.24) is 19.7 Å². The minimum Gasteiger partial charge on any atom is -0.254 e. The lowest BCUT2D eigenvalue weighted by atomic mass is 10.00. The molecule has 0 N–H and O–H groups in total. The first kappa shape index (κ1) is 18.6. The van der Waals surface area contributed by atoms with Crippen LogP contribution < -0.4 is 5.01 Å². The van der Waals surface area contributed by atoms with Crippen molar-refractivity contribution in [1.29, 1.82) is 0 Å². The third kappa shape index (κ3) is 2.91. The third-order valence-electron chi connectivity index (χ3n) is 5.27. The molecular weight excluding hydrogens is 399 g/mol. The lowest BCUT2D eigenvalue weighted by Crippen LogP contribution is -2.21. The van der Waals surface area contributed by atoms with Crippen molar-refractivity contribution >= 4 is 23.0 Å². The maximum absolute atomic E-state index is 14.3. The fourth-order valence-electron chi connectivity index (χ4n) is 3.62. The van der Waals surface area contributed by atoms with Gasteiger partial charge in [0.25, 0.3) is 5.95 Å². The molecule has 0 saturated heterocycles. The summed E-state index contributed by atoms with van der Waals surface area (Å²) in [6.07, 6.45) is 1.44. The number of fused-ring (bicyclic) bond motifs is 3. The number of halogens is 1. The number of anilines is 1. The lowest BCUT2D eigenvalue weighted by molar-refractivity contribution is 0.562. The molecule has 0 spiro atoms. The van der Waals surface area contributed by atoms with Crippen LogP contribution in [0.25, 0.3) is 5.00 Å². The molecule has 0 saturated carbocycles. The van der Waals surface area contributed by atoms with Crippen molar-refractivity contribution in [3.05, 3.63) is 87.6 Å². The van der Waals surface area contributed by atoms with Crippen LogP contribution in [0.5, 0.6) is 0 Å². The van der Waals surface area contributed by atoms with E-state index in [-0.39, 0.29) is 6.54 Å². The summed E-state index contributed by atoms with van der Waals surface area (Å²) in [4.78, 5) is 5.00. The molecule has 0 aliphatic carbocycles. The maximum atomic E-state index is 14.3. The minimum atomic E-state index is -0.511. The zero-order chi connectivity index (χ0) is 20.8. The van der Waals surface area contributed by atoms with E-state index in [1.807, 2.05) is 41.8 Å². The predicted molar refractivity (Wildman–Crippen MR) is 116 cm³/mol. The molecule has 0 fully saturated rings. The Labute approximate surface area is 177 Å². The summed E-state index contributed by atoms with van der Waals surface area (Å²) in [6, 6.07) is 13.5. The van der Waals surface area contributed by atoms with Crippen LogP contribution >= 0.6 is 11.3 Å². The summed E-state index contributed by atoms with van der Waals surface area (Å²) in [5.74, 6) is 0.806. The van der Waals surface area contributed by atoms with Gasteiger partial charge in [0, 0.05) is 27.8 Å². The highest BCUT2D eigenvalue weighted by molar-refractivity contribution is 7.15. The molecule has 8 heteroatoms. The zero-order valence-electron chi connectivity index (χ0n) is 16.8. The number of aryl methyl sites for hydroxylation is 2. The second-order valence-corrected chi connectivity index (χ2v) is 8.37. The second-order valence-electron chi connectivity index (χ2n) is 7.17. The number of hydrazone groups is 1. The predicted octanol–water partition coefficient (Wildman–Crippen LogP) is 4.56. The Morgan fingerprint density at radius 3 is 2.57 bits per heavy atom. The fourth-order valence-corrected chi connectivity index (χ4v) is 4.82. The second kappa shape index (κ2) is 7.14. The normalized spacial score (nSPS) is 12.9. The van der Waals surface area contributed by atoms with Crippen molar-refractivity contribution in [2.75, 3.05) is 5.01 Å². The lowest BCUT2D eigenvalue weighted by Gasteiger charge is -2.18. The van der Waals surface area contributed by atoms with Gasteiger partial charge >= 0.3 is 0 Å². The van der Waals surface area contributed by atoms with Gasteiger partial charge in [0.15, 0.2) is 0 Å². The number of aromatic nitrogens is 4. The molecule has 0 unspecified atom stereocenters. The molecule has 4 aromatic rings. The molecule has 1 aromatic carbocycles. The van der Waals surface area contributed by atoms with Crippen molar-refractivity contribution < 1.29 is 4.39 Å². The highest BCUT2D eigenvalue weighted by Gasteiger charge is 2.30. The molecule has 1 aliphatic heterocycles. The number of rotatable bonds is 3. The molecule has 5 rings (SSSR count). The maximum Gasteiger partial charge on any atom is 0.253 e. The molecule has 0 amide bonds. The van der Waals surface area contributed by atoms with Gasteiger partial charge in [0.05, 0.1) is 6.54 Å². The zero-order valence-corrected chi connectivity index (χ0v) is 17.6. The van der Waals surface area contributed by atoms with Crippen LogP contribution in [0.3, 0.4) is 0 Å². The van der Waals surface area contributed by atoms with Crippen molar-refractivity contribution in [2.24, 2.45) is 5.10 Å². The molecule has 0 radical (unpaired) electrons. The summed E-state index contributed by atoms with van der Waals surface area (Å²) < 4.78 is 16.3. The topological polar surface area (TPSA) is 59.2 Å². The van der Waals surface area contributed by atoms with Crippen molar-refractivity contribution in [3.8, 4) is 5.00 Å². The quantitative estimate of drug-likeness (QED) is 0.458. The average Bonchev–Trinajstić information content (AvgIpc) is 3.22. The summed E-state index contributed by atoms with van der Waals surface area (Å²) >= 11 is 1.69. The van der Waals surface area contributed by atoms with E-state index < -0.39 is 5.95 Å². The first-order chi connectivity index (χ1) is 14.5. The Bertz CT molecular complexity index is 1270. The molecule has 0 atom stereocenters. The summed E-state index contributed by atoms with van der Waals surface area (Å²) in [7, 11) is 0. The Balaban J connectivity index is 1.77. The number of nitrogens with zero attached hydrogens (tertiary/aromatic N) is 6. The number of benzene rings is 1. The van der Waals surface area contributed by atoms with E-state index in [0.717, 1.165) is 27.7 Å². The van der Waals surface area contributed by atoms with Gasteiger partial charge in [-0.1, -0.05) is 36.4 Å². The first-order valence-electron chi connectivity index (χ1n) is 9.58. The van der Waals surface area contributed by atoms with Crippen LogP contribution in [0.1, 0.15) is 33.0 Å². The Morgan fingerprint density at radius 2 is 1.80 bits per heavy atom. The molecule has 4 heterocycles. The van der Waals surface area contributed by atoms with Crippen LogP contribution in [0, 0.1) is 26.7 Å². The van der Waals surface area contributed by atoms with E-state index in [1.54, 1.807) is 28.5 Å². The third-order valence-corrected chi connectivity index (χ3v) is 6.46. The van der Waals surface area contributed by atoms with Crippen LogP contribution in [0.15, 0.2) is 53.8 Å². The van der Waals surface area contributed by atoms with E-state index in [4.69, 9.17) is 5.10 Å². The number of hydrogen-bond acceptors (Lipinski definition) is 6. The Kier molecular flexibility index (Phi) is 4.43. The SMILES string of the molecule is Cc1sc2c(c1C)C(c1ccccc1)=NN(Cc1cccnc1F)c1nnc(C)n1-2. The standard InChI is InChI=1S/C22H19FN6S/c1-13-14(2)30-21-18(13)19(16-8-5-4-6-9-16)27-28(22-26-25-15(3)29(21)22)12-17-10-7-11-24-20(17)23/h4-11H,12H2,1-3H3. The van der Waals surface area contributed by atoms with Crippen LogP contribution in [0.4, 0.5) is 10.3 Å². The Morgan fingerprint density at radius 1 is 1.00 bits per heavy atom. The van der Waals surface area contributed by atoms with Gasteiger partial charge in [0.2, 0.25) is 5.95 Å². The minimum absolute atomic E-state index is 0.196. The molecule has 1 aliphatic rings. The summed E-state index contributed by atoms with van der Waals surface area (Å²) in [5, 5.41) is 16.4. The van der Waals surface area contributed by atoms with Gasteiger partial charge in [-0.25, -0.2) is 9.99 Å². The van der Waals surface area contributed by atoms with Gasteiger partial charge in [-0.15, -0.1) is 21.5 Å². The van der Waals surface area contributed by atoms with Gasteiger partial charge in [-0.05, 0) is 32.4 Å². The van der Waals surface area contributed by atoms with Crippen molar-refractivity contribution in [2.45, 2.75) is 27.3 Å². The van der Waals surface area contributed by atoms with E-state index in [0.29, 0.717) is 11.5 Å². The average molecular weight is 419 g/mol. The van der Waals surface area contributed by atoms with E-state index in [2.05, 4.69) is 29.0 Å². The number of thiophene rings is 1. The summed E-state index contributed by atoms with van der Waals surface area (Å²) in [5.41, 5.74) is 4.50. The van der Waals surface area contributed by atoms with Gasteiger partial charge in [0.1, 0.15) is 16.5 Å². The molecule has 30 heavy (non-hydrogen) atoms. The molecule has 6 nitrogen and oxygen atoms in total. The van der Waals surface area contributed by atoms with E-state index in [9.17, 15) is 4.39 Å². The monoisotopic (exact) mass is 418 g/mol. The highest BCUT2D eigenvalue weighted by Crippen LogP contribution is 2.38. The smallest absolute Gasteiger partial charge is 0.253 e. The van der Waals surface area contributed by atoms with Crippen LogP contribution in [-0.4, -0.2) is 25.5 Å². The van der Waals surface area contributed by atoms with Gasteiger partial charge < -0.3 is 0 Å². The first-order valence-corrected chi connectivity index (χ1v) is 10.4. The van der Waals surface area contributed by atoms with Crippen LogP contribution in [-0.2, 0) is 6.54 Å². The summed E-state index contributed by atoms with van der Waals surface area (Å²) in [6.45, 7) is 6.33. The largest absolute Gasteiger partial charge is 0.254 e. The van der Waals surface area contributed by atoms with Crippen molar-refractivity contribution in [3.63, 3.8) is 0 Å². The molecular formula is C22H19FN6S. The highest BCUT2D eigenvalue weighted by atomic mass is 32.1. The number of pyridine rings is 1. The molecule has 3 aromatic heterocycles. The fraction of sp³-hybridized carbons (Fsp3) is 0.182. The van der Waals surface area contributed by atoms with Gasteiger partial charge in [-0.2, -0.15) is 9.49 Å². The van der Waals surface area contributed by atoms with E-state index in [1.165, 1.54) is 16.6 Å². The van der Waals surface area contributed by atoms with Gasteiger partial charge in [-0.3, -0.25) is 4.57 Å². The number of hydrogen-bond donors (Lipinski definition) is 0. The van der Waals surface area contributed by atoms with Crippen LogP contribution in [0.2, 0.25) is 0 Å². The van der Waals surface area contributed by atoms with E-state index >= 15 is 0 Å². The molecule has 150 valence electrons. The Hall–Kier alpha value is -3.39.